The first-order chi connectivity index (χ1) is 10.6. The molecule has 0 saturated heterocycles. The number of alkyl halides is 2. The first kappa shape index (κ1) is 15.7. The summed E-state index contributed by atoms with van der Waals surface area (Å²) in [5.41, 5.74) is 1.16. The average molecular weight is 304 g/mol. The summed E-state index contributed by atoms with van der Waals surface area (Å²) >= 11 is 0. The summed E-state index contributed by atoms with van der Waals surface area (Å²) in [7, 11) is 1.55. The van der Waals surface area contributed by atoms with E-state index in [-0.39, 0.29) is 11.5 Å². The van der Waals surface area contributed by atoms with Gasteiger partial charge in [0.25, 0.3) is 0 Å². The third-order valence-electron chi connectivity index (χ3n) is 2.92. The second kappa shape index (κ2) is 7.36. The molecule has 0 bridgehead atoms. The fourth-order valence-corrected chi connectivity index (χ4v) is 1.87. The molecule has 3 nitrogen and oxygen atoms in total. The molecular formula is C17H14F2O3. The molecule has 0 aliphatic carbocycles. The zero-order chi connectivity index (χ0) is 15.9. The van der Waals surface area contributed by atoms with Crippen molar-refractivity contribution in [3.05, 3.63) is 65.7 Å². The molecular weight excluding hydrogens is 290 g/mol. The molecule has 0 heterocycles. The number of carbonyl (C=O) groups is 1. The molecule has 0 N–H and O–H groups in total. The van der Waals surface area contributed by atoms with Crippen LogP contribution in [0.25, 0.3) is 6.08 Å². The molecule has 0 aliphatic heterocycles. The molecule has 2 aromatic rings. The number of hydrogen-bond donors (Lipinski definition) is 0. The molecule has 0 unspecified atom stereocenters. The monoisotopic (exact) mass is 304 g/mol. The van der Waals surface area contributed by atoms with Crippen molar-refractivity contribution in [3.63, 3.8) is 0 Å². The topological polar surface area (TPSA) is 35.5 Å². The van der Waals surface area contributed by atoms with Gasteiger partial charge >= 0.3 is 6.61 Å². The lowest BCUT2D eigenvalue weighted by Crippen LogP contribution is -2.02. The van der Waals surface area contributed by atoms with E-state index in [2.05, 4.69) is 4.74 Å². The fourth-order valence-electron chi connectivity index (χ4n) is 1.87. The van der Waals surface area contributed by atoms with Crippen LogP contribution in [0.2, 0.25) is 0 Å². The largest absolute Gasteiger partial charge is 0.496 e. The Kier molecular flexibility index (Phi) is 5.25. The van der Waals surface area contributed by atoms with Crippen LogP contribution >= 0.6 is 0 Å². The molecule has 0 saturated carbocycles. The summed E-state index contributed by atoms with van der Waals surface area (Å²) in [4.78, 5) is 12.0. The molecule has 22 heavy (non-hydrogen) atoms. The first-order valence-corrected chi connectivity index (χ1v) is 6.50. The van der Waals surface area contributed by atoms with Gasteiger partial charge in [-0.15, -0.1) is 0 Å². The summed E-state index contributed by atoms with van der Waals surface area (Å²) in [5, 5.41) is 0. The van der Waals surface area contributed by atoms with Crippen molar-refractivity contribution in [2.45, 2.75) is 6.61 Å². The molecule has 2 aromatic carbocycles. The van der Waals surface area contributed by atoms with Crippen molar-refractivity contribution in [3.8, 4) is 11.5 Å². The van der Waals surface area contributed by atoms with E-state index in [9.17, 15) is 13.6 Å². The lowest BCUT2D eigenvalue weighted by molar-refractivity contribution is -0.0498. The van der Waals surface area contributed by atoms with Gasteiger partial charge in [-0.2, -0.15) is 8.78 Å². The zero-order valence-electron chi connectivity index (χ0n) is 11.8. The number of carbonyl (C=O) groups excluding carboxylic acids is 1. The number of rotatable bonds is 6. The van der Waals surface area contributed by atoms with Crippen molar-refractivity contribution < 1.29 is 23.0 Å². The van der Waals surface area contributed by atoms with Gasteiger partial charge in [-0.1, -0.05) is 18.2 Å². The minimum atomic E-state index is -2.88. The standard InChI is InChI=1S/C17H14F2O3/c1-21-16-5-3-2-4-13(16)8-11-15(20)12-6-9-14(10-7-12)22-17(18)19/h2-11,17H,1H3/b11-8+. The maximum atomic E-state index is 12.0. The Balaban J connectivity index is 2.10. The third-order valence-corrected chi connectivity index (χ3v) is 2.92. The average Bonchev–Trinajstić information content (AvgIpc) is 2.53. The number of benzene rings is 2. The van der Waals surface area contributed by atoms with E-state index >= 15 is 0 Å². The van der Waals surface area contributed by atoms with E-state index in [1.54, 1.807) is 19.3 Å². The Hall–Kier alpha value is -2.69. The number of methoxy groups -OCH3 is 1. The van der Waals surface area contributed by atoms with Gasteiger partial charge < -0.3 is 9.47 Å². The minimum absolute atomic E-state index is 0.0141. The van der Waals surface area contributed by atoms with Gasteiger partial charge in [-0.3, -0.25) is 4.79 Å². The van der Waals surface area contributed by atoms with Crippen LogP contribution in [0.5, 0.6) is 11.5 Å². The van der Waals surface area contributed by atoms with E-state index in [1.165, 1.54) is 30.3 Å². The Morgan fingerprint density at radius 1 is 1.09 bits per heavy atom. The first-order valence-electron chi connectivity index (χ1n) is 6.50. The van der Waals surface area contributed by atoms with E-state index in [0.29, 0.717) is 11.3 Å². The van der Waals surface area contributed by atoms with Gasteiger partial charge in [-0.25, -0.2) is 0 Å². The molecule has 0 aliphatic rings. The highest BCUT2D eigenvalue weighted by molar-refractivity contribution is 6.07. The van der Waals surface area contributed by atoms with Crippen molar-refractivity contribution in [2.75, 3.05) is 7.11 Å². The van der Waals surface area contributed by atoms with Gasteiger partial charge in [0.15, 0.2) is 5.78 Å². The summed E-state index contributed by atoms with van der Waals surface area (Å²) in [6.45, 7) is -2.88. The quantitative estimate of drug-likeness (QED) is 0.593. The second-order valence-corrected chi connectivity index (χ2v) is 4.34. The lowest BCUT2D eigenvalue weighted by atomic mass is 10.1. The Labute approximate surface area is 126 Å². The van der Waals surface area contributed by atoms with Crippen LogP contribution in [0, 0.1) is 0 Å². The van der Waals surface area contributed by atoms with Crippen molar-refractivity contribution in [1.82, 2.24) is 0 Å². The van der Waals surface area contributed by atoms with Crippen molar-refractivity contribution >= 4 is 11.9 Å². The van der Waals surface area contributed by atoms with Gasteiger partial charge in [0, 0.05) is 11.1 Å². The van der Waals surface area contributed by atoms with E-state index < -0.39 is 6.61 Å². The van der Waals surface area contributed by atoms with Crippen molar-refractivity contribution in [1.29, 1.82) is 0 Å². The Morgan fingerprint density at radius 2 is 1.77 bits per heavy atom. The number of para-hydroxylation sites is 1. The summed E-state index contributed by atoms with van der Waals surface area (Å²) < 4.78 is 33.5. The second-order valence-electron chi connectivity index (χ2n) is 4.34. The van der Waals surface area contributed by atoms with Gasteiger partial charge in [0.1, 0.15) is 11.5 Å². The SMILES string of the molecule is COc1ccccc1/C=C/C(=O)c1ccc(OC(F)F)cc1. The third kappa shape index (κ3) is 4.15. The van der Waals surface area contributed by atoms with Crippen LogP contribution in [0.15, 0.2) is 54.6 Å². The molecule has 0 fully saturated rings. The number of halogens is 2. The number of ketones is 1. The van der Waals surface area contributed by atoms with Gasteiger partial charge in [-0.05, 0) is 42.5 Å². The molecule has 0 radical (unpaired) electrons. The minimum Gasteiger partial charge on any atom is -0.496 e. The molecule has 0 atom stereocenters. The van der Waals surface area contributed by atoms with Crippen LogP contribution < -0.4 is 9.47 Å². The van der Waals surface area contributed by atoms with E-state index in [4.69, 9.17) is 4.74 Å². The van der Waals surface area contributed by atoms with Crippen LogP contribution in [-0.4, -0.2) is 19.5 Å². The number of hydrogen-bond acceptors (Lipinski definition) is 3. The maximum absolute atomic E-state index is 12.0. The van der Waals surface area contributed by atoms with Crippen LogP contribution in [0.4, 0.5) is 8.78 Å². The zero-order valence-corrected chi connectivity index (χ0v) is 11.8. The molecule has 0 amide bonds. The predicted molar refractivity (Wildman–Crippen MR) is 79.4 cm³/mol. The highest BCUT2D eigenvalue weighted by Crippen LogP contribution is 2.20. The van der Waals surface area contributed by atoms with Crippen LogP contribution in [0.3, 0.4) is 0 Å². The molecule has 2 rings (SSSR count). The lowest BCUT2D eigenvalue weighted by Gasteiger charge is -2.05. The Bertz CT molecular complexity index is 664. The summed E-state index contributed by atoms with van der Waals surface area (Å²) in [5.74, 6) is 0.432. The van der Waals surface area contributed by atoms with E-state index in [0.717, 1.165) is 5.56 Å². The van der Waals surface area contributed by atoms with E-state index in [1.807, 2.05) is 18.2 Å². The van der Waals surface area contributed by atoms with Crippen LogP contribution in [0.1, 0.15) is 15.9 Å². The van der Waals surface area contributed by atoms with Gasteiger partial charge in [0.2, 0.25) is 0 Å². The Morgan fingerprint density at radius 3 is 2.41 bits per heavy atom. The molecule has 5 heteroatoms. The molecule has 0 aromatic heterocycles. The normalized spacial score (nSPS) is 10.9. The summed E-state index contributed by atoms with van der Waals surface area (Å²) in [6, 6.07) is 12.8. The molecule has 114 valence electrons. The summed E-state index contributed by atoms with van der Waals surface area (Å²) in [6.07, 6.45) is 3.05. The predicted octanol–water partition coefficient (Wildman–Crippen LogP) is 4.19. The smallest absolute Gasteiger partial charge is 0.387 e. The highest BCUT2D eigenvalue weighted by atomic mass is 19.3. The van der Waals surface area contributed by atoms with Gasteiger partial charge in [0.05, 0.1) is 7.11 Å². The number of ether oxygens (including phenoxy) is 2. The number of allylic oxidation sites excluding steroid dienone is 1. The maximum Gasteiger partial charge on any atom is 0.387 e. The molecule has 0 spiro atoms. The van der Waals surface area contributed by atoms with Crippen molar-refractivity contribution in [2.24, 2.45) is 0 Å². The fraction of sp³-hybridized carbons (Fsp3) is 0.118. The highest BCUT2D eigenvalue weighted by Gasteiger charge is 2.06. The van der Waals surface area contributed by atoms with Crippen LogP contribution in [-0.2, 0) is 0 Å².